The van der Waals surface area contributed by atoms with Gasteiger partial charge in [-0.25, -0.2) is 9.36 Å². The molecule has 0 spiro atoms. The van der Waals surface area contributed by atoms with Gasteiger partial charge in [-0.1, -0.05) is 65.8 Å². The molecule has 5 aromatic rings. The normalized spacial score (nSPS) is 11.0. The van der Waals surface area contributed by atoms with Crippen molar-refractivity contribution in [2.75, 3.05) is 0 Å². The van der Waals surface area contributed by atoms with E-state index in [1.54, 1.807) is 16.4 Å². The number of halogens is 1. The van der Waals surface area contributed by atoms with Crippen LogP contribution in [0.3, 0.4) is 0 Å². The lowest BCUT2D eigenvalue weighted by molar-refractivity contribution is 0.714. The summed E-state index contributed by atoms with van der Waals surface area (Å²) in [6, 6.07) is 26.0. The SMILES string of the molecule is Cn1nnnc1-c1ccc(-c2nn(-c3ccccc3)cc2Sc2ccc(Cl)cc2)cc1. The minimum absolute atomic E-state index is 0.720. The molecular weight excluding hydrogens is 428 g/mol. The van der Waals surface area contributed by atoms with E-state index in [2.05, 4.69) is 21.7 Å². The molecule has 0 unspecified atom stereocenters. The highest BCUT2D eigenvalue weighted by Gasteiger charge is 2.15. The summed E-state index contributed by atoms with van der Waals surface area (Å²) < 4.78 is 3.56. The summed E-state index contributed by atoms with van der Waals surface area (Å²) in [5, 5.41) is 17.3. The van der Waals surface area contributed by atoms with Crippen molar-refractivity contribution in [3.8, 4) is 28.3 Å². The van der Waals surface area contributed by atoms with Crippen LogP contribution in [0.5, 0.6) is 0 Å². The average Bonchev–Trinajstić information content (AvgIpc) is 3.42. The molecule has 0 saturated carbocycles. The number of hydrogen-bond acceptors (Lipinski definition) is 5. The second kappa shape index (κ2) is 8.37. The van der Waals surface area contributed by atoms with Crippen molar-refractivity contribution >= 4 is 23.4 Å². The highest BCUT2D eigenvalue weighted by molar-refractivity contribution is 7.99. The third kappa shape index (κ3) is 4.10. The van der Waals surface area contributed by atoms with E-state index >= 15 is 0 Å². The second-order valence-electron chi connectivity index (χ2n) is 6.88. The molecule has 0 aliphatic heterocycles. The van der Waals surface area contributed by atoms with Crippen LogP contribution in [0.15, 0.2) is 94.9 Å². The molecule has 0 radical (unpaired) electrons. The summed E-state index contributed by atoms with van der Waals surface area (Å²) in [6.45, 7) is 0. The first-order valence-electron chi connectivity index (χ1n) is 9.59. The molecule has 5 rings (SSSR count). The van der Waals surface area contributed by atoms with Crippen LogP contribution in [0.2, 0.25) is 5.02 Å². The Bertz CT molecular complexity index is 1310. The number of aromatic nitrogens is 6. The molecule has 0 aliphatic carbocycles. The summed E-state index contributed by atoms with van der Waals surface area (Å²) in [5.74, 6) is 0.720. The van der Waals surface area contributed by atoms with E-state index in [1.807, 2.05) is 90.6 Å². The van der Waals surface area contributed by atoms with E-state index in [0.717, 1.165) is 43.1 Å². The van der Waals surface area contributed by atoms with Crippen LogP contribution in [0.1, 0.15) is 0 Å². The molecule has 0 amide bonds. The predicted octanol–water partition coefficient (Wildman–Crippen LogP) is 5.53. The van der Waals surface area contributed by atoms with Crippen LogP contribution in [-0.4, -0.2) is 30.0 Å². The molecule has 0 fully saturated rings. The van der Waals surface area contributed by atoms with Gasteiger partial charge in [-0.3, -0.25) is 0 Å². The number of para-hydroxylation sites is 1. The van der Waals surface area contributed by atoms with Gasteiger partial charge in [-0.05, 0) is 46.8 Å². The van der Waals surface area contributed by atoms with Crippen molar-refractivity contribution < 1.29 is 0 Å². The number of rotatable bonds is 5. The molecule has 0 N–H and O–H groups in total. The third-order valence-electron chi connectivity index (χ3n) is 4.78. The summed E-state index contributed by atoms with van der Waals surface area (Å²) in [4.78, 5) is 2.15. The van der Waals surface area contributed by atoms with Gasteiger partial charge in [-0.2, -0.15) is 5.10 Å². The lowest BCUT2D eigenvalue weighted by Crippen LogP contribution is -1.95. The van der Waals surface area contributed by atoms with Crippen molar-refractivity contribution in [1.82, 2.24) is 30.0 Å². The number of benzene rings is 3. The summed E-state index contributed by atoms with van der Waals surface area (Å²) in [5.41, 5.74) is 3.88. The van der Waals surface area contributed by atoms with Gasteiger partial charge in [0, 0.05) is 34.3 Å². The van der Waals surface area contributed by atoms with Crippen molar-refractivity contribution in [1.29, 1.82) is 0 Å². The Morgan fingerprint density at radius 2 is 1.55 bits per heavy atom. The van der Waals surface area contributed by atoms with Gasteiger partial charge in [0.15, 0.2) is 5.82 Å². The van der Waals surface area contributed by atoms with Crippen LogP contribution in [0, 0.1) is 0 Å². The summed E-state index contributed by atoms with van der Waals surface area (Å²) in [6.07, 6.45) is 2.06. The Morgan fingerprint density at radius 3 is 2.23 bits per heavy atom. The van der Waals surface area contributed by atoms with Crippen molar-refractivity contribution in [2.24, 2.45) is 7.05 Å². The van der Waals surface area contributed by atoms with E-state index in [9.17, 15) is 0 Å². The first-order valence-corrected chi connectivity index (χ1v) is 10.8. The Morgan fingerprint density at radius 1 is 0.839 bits per heavy atom. The van der Waals surface area contributed by atoms with E-state index < -0.39 is 0 Å². The molecule has 2 heterocycles. The minimum atomic E-state index is 0.720. The summed E-state index contributed by atoms with van der Waals surface area (Å²) in [7, 11) is 1.83. The zero-order valence-electron chi connectivity index (χ0n) is 16.6. The number of nitrogens with zero attached hydrogens (tertiary/aromatic N) is 6. The quantitative estimate of drug-likeness (QED) is 0.356. The van der Waals surface area contributed by atoms with E-state index in [0.29, 0.717) is 0 Å². The molecule has 8 heteroatoms. The Labute approximate surface area is 188 Å². The van der Waals surface area contributed by atoms with Crippen LogP contribution in [0.4, 0.5) is 0 Å². The smallest absolute Gasteiger partial charge is 0.181 e. The van der Waals surface area contributed by atoms with Crippen LogP contribution in [0.25, 0.3) is 28.3 Å². The second-order valence-corrected chi connectivity index (χ2v) is 8.43. The average molecular weight is 445 g/mol. The fourth-order valence-corrected chi connectivity index (χ4v) is 4.29. The van der Waals surface area contributed by atoms with E-state index in [-0.39, 0.29) is 0 Å². The maximum absolute atomic E-state index is 6.05. The Balaban J connectivity index is 1.55. The molecular formula is C23H17ClN6S. The number of aryl methyl sites for hydroxylation is 1. The minimum Gasteiger partial charge on any atom is -0.239 e. The van der Waals surface area contributed by atoms with Gasteiger partial charge in [0.25, 0.3) is 0 Å². The molecule has 152 valence electrons. The molecule has 3 aromatic carbocycles. The third-order valence-corrected chi connectivity index (χ3v) is 6.06. The number of tetrazole rings is 1. The molecule has 0 aliphatic rings. The van der Waals surface area contributed by atoms with Gasteiger partial charge in [-0.15, -0.1) is 5.10 Å². The fraction of sp³-hybridized carbons (Fsp3) is 0.0435. The van der Waals surface area contributed by atoms with Gasteiger partial charge in [0.1, 0.15) is 5.69 Å². The van der Waals surface area contributed by atoms with Crippen LogP contribution in [-0.2, 0) is 7.05 Å². The standard InChI is InChI=1S/C23H17ClN6S/c1-29-23(25-27-28-29)17-9-7-16(8-10-17)22-21(31-20-13-11-18(24)12-14-20)15-30(26-22)19-5-3-2-4-6-19/h2-15H,1H3. The van der Waals surface area contributed by atoms with Gasteiger partial charge < -0.3 is 0 Å². The first-order chi connectivity index (χ1) is 15.2. The van der Waals surface area contributed by atoms with Crippen LogP contribution >= 0.6 is 23.4 Å². The molecule has 0 bridgehead atoms. The van der Waals surface area contributed by atoms with E-state index in [4.69, 9.17) is 16.7 Å². The largest absolute Gasteiger partial charge is 0.239 e. The van der Waals surface area contributed by atoms with Crippen molar-refractivity contribution in [3.05, 3.63) is 90.1 Å². The molecule has 31 heavy (non-hydrogen) atoms. The van der Waals surface area contributed by atoms with Crippen molar-refractivity contribution in [3.63, 3.8) is 0 Å². The Hall–Kier alpha value is -3.42. The maximum atomic E-state index is 6.05. The fourth-order valence-electron chi connectivity index (χ4n) is 3.23. The molecule has 0 saturated heterocycles. The van der Waals surface area contributed by atoms with Gasteiger partial charge in [0.2, 0.25) is 0 Å². The van der Waals surface area contributed by atoms with Crippen LogP contribution < -0.4 is 0 Å². The highest BCUT2D eigenvalue weighted by atomic mass is 35.5. The highest BCUT2D eigenvalue weighted by Crippen LogP contribution is 2.37. The van der Waals surface area contributed by atoms with E-state index in [1.165, 1.54) is 0 Å². The molecule has 6 nitrogen and oxygen atoms in total. The van der Waals surface area contributed by atoms with Gasteiger partial charge >= 0.3 is 0 Å². The van der Waals surface area contributed by atoms with Crippen molar-refractivity contribution in [2.45, 2.75) is 9.79 Å². The monoisotopic (exact) mass is 444 g/mol. The Kier molecular flexibility index (Phi) is 5.28. The zero-order chi connectivity index (χ0) is 21.2. The lowest BCUT2D eigenvalue weighted by atomic mass is 10.1. The predicted molar refractivity (Wildman–Crippen MR) is 122 cm³/mol. The molecule has 2 aromatic heterocycles. The summed E-state index contributed by atoms with van der Waals surface area (Å²) >= 11 is 7.71. The molecule has 0 atom stereocenters. The first kappa shape index (κ1) is 19.5. The maximum Gasteiger partial charge on any atom is 0.181 e. The topological polar surface area (TPSA) is 61.4 Å². The van der Waals surface area contributed by atoms with Gasteiger partial charge in [0.05, 0.1) is 10.6 Å². The lowest BCUT2D eigenvalue weighted by Gasteiger charge is -2.04. The number of hydrogen-bond donors (Lipinski definition) is 0. The zero-order valence-corrected chi connectivity index (χ0v) is 18.1.